The summed E-state index contributed by atoms with van der Waals surface area (Å²) in [5.41, 5.74) is 0. The van der Waals surface area contributed by atoms with Crippen molar-refractivity contribution in [2.24, 2.45) is 5.92 Å². The molecule has 25 heavy (non-hydrogen) atoms. The topological polar surface area (TPSA) is 46.6 Å². The molecule has 8 heteroatoms. The number of carbonyl (C=O) groups excluding carboxylic acids is 2. The summed E-state index contributed by atoms with van der Waals surface area (Å²) in [6, 6.07) is 3.26. The number of fused-ring (bicyclic) bond motifs is 1. The van der Waals surface area contributed by atoms with Crippen molar-refractivity contribution in [1.82, 2.24) is 4.90 Å². The highest BCUT2D eigenvalue weighted by Crippen LogP contribution is 2.41. The van der Waals surface area contributed by atoms with E-state index in [1.54, 1.807) is 17.0 Å². The van der Waals surface area contributed by atoms with Crippen molar-refractivity contribution in [3.63, 3.8) is 0 Å². The number of ether oxygens (including phenoxy) is 1. The quantitative estimate of drug-likeness (QED) is 0.635. The van der Waals surface area contributed by atoms with E-state index in [1.807, 2.05) is 0 Å². The van der Waals surface area contributed by atoms with Crippen LogP contribution in [0.5, 0.6) is 0 Å². The lowest BCUT2D eigenvalue weighted by Gasteiger charge is -2.30. The zero-order valence-corrected chi connectivity index (χ0v) is 16.6. The van der Waals surface area contributed by atoms with Gasteiger partial charge in [-0.15, -0.1) is 11.3 Å². The molecule has 1 aromatic heterocycles. The summed E-state index contributed by atoms with van der Waals surface area (Å²) in [6.07, 6.45) is 2.09. The second-order valence-corrected chi connectivity index (χ2v) is 8.44. The lowest BCUT2D eigenvalue weighted by Crippen LogP contribution is -2.41. The molecule has 1 fully saturated rings. The van der Waals surface area contributed by atoms with E-state index < -0.39 is 5.97 Å². The zero-order chi connectivity index (χ0) is 18.1. The average molecular weight is 421 g/mol. The summed E-state index contributed by atoms with van der Waals surface area (Å²) in [5, 5.41) is 1.64. The smallest absolute Gasteiger partial charge is 0.350 e. The van der Waals surface area contributed by atoms with Crippen LogP contribution in [0.2, 0.25) is 15.1 Å². The second-order valence-electron chi connectivity index (χ2n) is 6.17. The van der Waals surface area contributed by atoms with Gasteiger partial charge in [0.05, 0.1) is 10.0 Å². The minimum Gasteiger partial charge on any atom is -0.451 e. The Morgan fingerprint density at radius 2 is 2.08 bits per heavy atom. The number of esters is 1. The number of thiophene rings is 1. The van der Waals surface area contributed by atoms with Crippen LogP contribution in [-0.2, 0) is 9.53 Å². The number of carbonyl (C=O) groups is 2. The summed E-state index contributed by atoms with van der Waals surface area (Å²) in [6.45, 7) is 3.23. The van der Waals surface area contributed by atoms with Crippen LogP contribution in [0.3, 0.4) is 0 Å². The maximum absolute atomic E-state index is 12.3. The Balaban J connectivity index is 1.71. The van der Waals surface area contributed by atoms with E-state index in [-0.39, 0.29) is 22.4 Å². The number of halogens is 3. The molecular weight excluding hydrogens is 405 g/mol. The molecule has 0 aliphatic carbocycles. The number of benzene rings is 1. The van der Waals surface area contributed by atoms with E-state index in [9.17, 15) is 9.59 Å². The molecule has 2 heterocycles. The van der Waals surface area contributed by atoms with Crippen molar-refractivity contribution in [2.45, 2.75) is 19.8 Å². The fourth-order valence-corrected chi connectivity index (χ4v) is 5.21. The molecule has 0 radical (unpaired) electrons. The Bertz CT molecular complexity index is 836. The van der Waals surface area contributed by atoms with E-state index in [1.165, 1.54) is 0 Å². The largest absolute Gasteiger partial charge is 0.451 e. The van der Waals surface area contributed by atoms with Crippen molar-refractivity contribution in [3.05, 3.63) is 32.1 Å². The van der Waals surface area contributed by atoms with Gasteiger partial charge >= 0.3 is 5.97 Å². The number of hydrogen-bond donors (Lipinski definition) is 0. The highest BCUT2D eigenvalue weighted by Gasteiger charge is 2.24. The van der Waals surface area contributed by atoms with E-state index in [0.717, 1.165) is 24.2 Å². The number of likely N-dealkylation sites (tertiary alicyclic amines) is 1. The molecule has 0 spiro atoms. The lowest BCUT2D eigenvalue weighted by molar-refractivity contribution is -0.136. The van der Waals surface area contributed by atoms with Crippen molar-refractivity contribution in [2.75, 3.05) is 19.7 Å². The van der Waals surface area contributed by atoms with Gasteiger partial charge in [-0.3, -0.25) is 4.79 Å². The summed E-state index contributed by atoms with van der Waals surface area (Å²) in [7, 11) is 0. The maximum atomic E-state index is 12.3. The molecule has 1 atom stereocenters. The van der Waals surface area contributed by atoms with Crippen molar-refractivity contribution >= 4 is 68.1 Å². The van der Waals surface area contributed by atoms with Gasteiger partial charge in [0.15, 0.2) is 6.61 Å². The molecule has 1 saturated heterocycles. The van der Waals surface area contributed by atoms with Gasteiger partial charge in [0.1, 0.15) is 4.88 Å². The number of amides is 1. The molecule has 0 N–H and O–H groups in total. The van der Waals surface area contributed by atoms with Gasteiger partial charge in [-0.05, 0) is 30.9 Å². The Labute approximate surface area is 164 Å². The zero-order valence-electron chi connectivity index (χ0n) is 13.5. The Morgan fingerprint density at radius 3 is 2.80 bits per heavy atom. The number of rotatable bonds is 3. The van der Waals surface area contributed by atoms with Crippen molar-refractivity contribution in [3.8, 4) is 0 Å². The van der Waals surface area contributed by atoms with E-state index >= 15 is 0 Å². The molecule has 1 aliphatic rings. The molecule has 0 bridgehead atoms. The molecule has 1 amide bonds. The Morgan fingerprint density at radius 1 is 1.32 bits per heavy atom. The van der Waals surface area contributed by atoms with Gasteiger partial charge in [0.25, 0.3) is 5.91 Å². The van der Waals surface area contributed by atoms with Gasteiger partial charge in [-0.1, -0.05) is 41.7 Å². The van der Waals surface area contributed by atoms with Crippen LogP contribution in [0.15, 0.2) is 12.1 Å². The van der Waals surface area contributed by atoms with Gasteiger partial charge in [-0.2, -0.15) is 0 Å². The molecule has 1 aliphatic heterocycles. The van der Waals surface area contributed by atoms with Crippen molar-refractivity contribution < 1.29 is 14.3 Å². The van der Waals surface area contributed by atoms with Crippen LogP contribution in [0.4, 0.5) is 0 Å². The van der Waals surface area contributed by atoms with Crippen LogP contribution in [-0.4, -0.2) is 36.5 Å². The van der Waals surface area contributed by atoms with Gasteiger partial charge in [0, 0.05) is 28.2 Å². The minimum atomic E-state index is -0.628. The number of hydrogen-bond acceptors (Lipinski definition) is 4. The third-order valence-corrected chi connectivity index (χ3v) is 6.29. The number of piperidine rings is 1. The first-order chi connectivity index (χ1) is 11.9. The standard InChI is InChI=1S/C17H16Cl3NO3S/c1-9-3-2-4-21(7-9)13(22)8-24-17(23)16-15(20)14-11(19)5-10(18)6-12(14)25-16/h5-6,9H,2-4,7-8H2,1H3. The molecule has 134 valence electrons. The molecule has 0 saturated carbocycles. The van der Waals surface area contributed by atoms with Crippen LogP contribution in [0.1, 0.15) is 29.4 Å². The second kappa shape index (κ2) is 7.70. The third-order valence-electron chi connectivity index (χ3n) is 4.17. The van der Waals surface area contributed by atoms with E-state index in [4.69, 9.17) is 39.5 Å². The normalized spacial score (nSPS) is 17.8. The van der Waals surface area contributed by atoms with E-state index in [2.05, 4.69) is 6.92 Å². The molecule has 1 aromatic carbocycles. The highest BCUT2D eigenvalue weighted by atomic mass is 35.5. The fraction of sp³-hybridized carbons (Fsp3) is 0.412. The van der Waals surface area contributed by atoms with Crippen molar-refractivity contribution in [1.29, 1.82) is 0 Å². The van der Waals surface area contributed by atoms with E-state index in [0.29, 0.717) is 39.1 Å². The number of nitrogens with zero attached hydrogens (tertiary/aromatic N) is 1. The summed E-state index contributed by atoms with van der Waals surface area (Å²) in [4.78, 5) is 26.5. The first-order valence-electron chi connectivity index (χ1n) is 7.88. The predicted octanol–water partition coefficient (Wildman–Crippen LogP) is 5.28. The molecule has 1 unspecified atom stereocenters. The SMILES string of the molecule is CC1CCCN(C(=O)COC(=O)c2sc3cc(Cl)cc(Cl)c3c2Cl)C1. The third kappa shape index (κ3) is 4.05. The van der Waals surface area contributed by atoms with Crippen LogP contribution < -0.4 is 0 Å². The highest BCUT2D eigenvalue weighted by molar-refractivity contribution is 7.21. The molecule has 4 nitrogen and oxygen atoms in total. The minimum absolute atomic E-state index is 0.182. The Kier molecular flexibility index (Phi) is 5.78. The van der Waals surface area contributed by atoms with Crippen LogP contribution in [0.25, 0.3) is 10.1 Å². The first-order valence-corrected chi connectivity index (χ1v) is 9.83. The molecule has 2 aromatic rings. The maximum Gasteiger partial charge on any atom is 0.350 e. The summed E-state index contributed by atoms with van der Waals surface area (Å²) >= 11 is 19.6. The van der Waals surface area contributed by atoms with Gasteiger partial charge in [0.2, 0.25) is 0 Å². The van der Waals surface area contributed by atoms with Gasteiger partial charge in [-0.25, -0.2) is 4.79 Å². The average Bonchev–Trinajstić information content (AvgIpc) is 2.89. The summed E-state index contributed by atoms with van der Waals surface area (Å²) in [5.74, 6) is -0.340. The van der Waals surface area contributed by atoms with Gasteiger partial charge < -0.3 is 9.64 Å². The predicted molar refractivity (Wildman–Crippen MR) is 102 cm³/mol. The summed E-state index contributed by atoms with van der Waals surface area (Å²) < 4.78 is 5.88. The Hall–Kier alpha value is -1.01. The molecular formula is C17H16Cl3NO3S. The van der Waals surface area contributed by atoms with Crippen LogP contribution in [0, 0.1) is 5.92 Å². The molecule has 3 rings (SSSR count). The lowest BCUT2D eigenvalue weighted by atomic mass is 10.0. The monoisotopic (exact) mass is 419 g/mol. The van der Waals surface area contributed by atoms with Crippen LogP contribution >= 0.6 is 46.1 Å². The first kappa shape index (κ1) is 18.8. The fourth-order valence-electron chi connectivity index (χ4n) is 2.94.